The Morgan fingerprint density at radius 1 is 0.938 bits per heavy atom. The number of carbonyl (C=O) groups excluding carboxylic acids is 2. The summed E-state index contributed by atoms with van der Waals surface area (Å²) in [6, 6.07) is 10.5. The van der Waals surface area contributed by atoms with E-state index >= 15 is 0 Å². The number of carbonyl (C=O) groups is 2. The Kier molecular flexibility index (Phi) is 7.75. The first kappa shape index (κ1) is 24.4. The molecule has 2 amide bonds. The minimum absolute atomic E-state index is 0.161. The summed E-state index contributed by atoms with van der Waals surface area (Å²) in [4.78, 5) is 28.8. The van der Waals surface area contributed by atoms with Crippen LogP contribution in [0.4, 0.5) is 11.4 Å². The van der Waals surface area contributed by atoms with Crippen LogP contribution in [0.3, 0.4) is 0 Å². The molecule has 1 N–H and O–H groups in total. The van der Waals surface area contributed by atoms with Crippen molar-refractivity contribution in [3.8, 4) is 0 Å². The molecule has 2 aromatic rings. The molecule has 1 aliphatic heterocycles. The van der Waals surface area contributed by atoms with Gasteiger partial charge in [0.1, 0.15) is 0 Å². The number of piperazine rings is 1. The summed E-state index contributed by atoms with van der Waals surface area (Å²) in [5, 5.41) is 4.35. The Balaban J connectivity index is 1.60. The first-order chi connectivity index (χ1) is 15.0. The van der Waals surface area contributed by atoms with Gasteiger partial charge in [0.25, 0.3) is 0 Å². The number of nitrogens with zero attached hydrogens (tertiary/aromatic N) is 2. The standard InChI is InChI=1S/C24H26Cl3N3O2/c1-24(2,3)23(32)30-12-10-29(11-13-30)21-8-7-18(15-20(21)27)28-22(31)9-5-16-4-6-17(25)14-19(16)26/h4-9,14-15H,10-13H2,1-3H3,(H,28,31)/b9-5+. The number of amides is 2. The maximum atomic E-state index is 12.5. The Morgan fingerprint density at radius 3 is 2.22 bits per heavy atom. The second kappa shape index (κ2) is 10.2. The number of benzene rings is 2. The van der Waals surface area contributed by atoms with Crippen LogP contribution in [0.1, 0.15) is 26.3 Å². The van der Waals surface area contributed by atoms with E-state index in [1.165, 1.54) is 6.08 Å². The maximum Gasteiger partial charge on any atom is 0.248 e. The van der Waals surface area contributed by atoms with E-state index in [1.807, 2.05) is 37.8 Å². The lowest BCUT2D eigenvalue weighted by Crippen LogP contribution is -2.51. The number of nitrogens with one attached hydrogen (secondary N) is 1. The van der Waals surface area contributed by atoms with E-state index in [2.05, 4.69) is 10.2 Å². The monoisotopic (exact) mass is 493 g/mol. The van der Waals surface area contributed by atoms with Gasteiger partial charge in [0.15, 0.2) is 0 Å². The first-order valence-corrected chi connectivity index (χ1v) is 11.5. The number of rotatable bonds is 4. The van der Waals surface area contributed by atoms with Crippen LogP contribution in [-0.2, 0) is 9.59 Å². The molecule has 0 radical (unpaired) electrons. The fourth-order valence-corrected chi connectivity index (χ4v) is 4.22. The zero-order valence-electron chi connectivity index (χ0n) is 18.3. The highest BCUT2D eigenvalue weighted by molar-refractivity contribution is 6.35. The lowest BCUT2D eigenvalue weighted by Gasteiger charge is -2.39. The average Bonchev–Trinajstić information content (AvgIpc) is 2.72. The zero-order chi connectivity index (χ0) is 23.5. The third kappa shape index (κ3) is 6.18. The van der Waals surface area contributed by atoms with Crippen molar-refractivity contribution in [2.45, 2.75) is 20.8 Å². The first-order valence-electron chi connectivity index (χ1n) is 10.3. The Morgan fingerprint density at radius 2 is 1.62 bits per heavy atom. The van der Waals surface area contributed by atoms with E-state index in [-0.39, 0.29) is 17.2 Å². The van der Waals surface area contributed by atoms with Gasteiger partial charge < -0.3 is 15.1 Å². The zero-order valence-corrected chi connectivity index (χ0v) is 20.6. The van der Waals surface area contributed by atoms with Crippen molar-refractivity contribution >= 4 is 64.1 Å². The number of hydrogen-bond donors (Lipinski definition) is 1. The highest BCUT2D eigenvalue weighted by Gasteiger charge is 2.30. The van der Waals surface area contributed by atoms with Gasteiger partial charge in [-0.2, -0.15) is 0 Å². The van der Waals surface area contributed by atoms with Gasteiger partial charge in [0.2, 0.25) is 11.8 Å². The predicted molar refractivity (Wildman–Crippen MR) is 134 cm³/mol. The minimum Gasteiger partial charge on any atom is -0.367 e. The maximum absolute atomic E-state index is 12.5. The summed E-state index contributed by atoms with van der Waals surface area (Å²) in [5.74, 6) is -0.136. The van der Waals surface area contributed by atoms with Crippen molar-refractivity contribution in [2.75, 3.05) is 36.4 Å². The molecule has 1 fully saturated rings. The second-order valence-electron chi connectivity index (χ2n) is 8.68. The molecule has 8 heteroatoms. The van der Waals surface area contributed by atoms with Gasteiger partial charge in [0, 0.05) is 53.4 Å². The minimum atomic E-state index is -0.382. The van der Waals surface area contributed by atoms with Crippen molar-refractivity contribution in [3.05, 3.63) is 63.1 Å². The summed E-state index contributed by atoms with van der Waals surface area (Å²) >= 11 is 18.5. The van der Waals surface area contributed by atoms with Gasteiger partial charge in [-0.3, -0.25) is 9.59 Å². The summed E-state index contributed by atoms with van der Waals surface area (Å²) in [5.41, 5.74) is 1.80. The quantitative estimate of drug-likeness (QED) is 0.531. The van der Waals surface area contributed by atoms with Crippen LogP contribution in [-0.4, -0.2) is 42.9 Å². The van der Waals surface area contributed by atoms with Gasteiger partial charge in [-0.1, -0.05) is 61.6 Å². The second-order valence-corrected chi connectivity index (χ2v) is 9.93. The molecule has 0 unspecified atom stereocenters. The SMILES string of the molecule is CC(C)(C)C(=O)N1CCN(c2ccc(NC(=O)/C=C/c3ccc(Cl)cc3Cl)cc2Cl)CC1. The molecule has 0 aliphatic carbocycles. The third-order valence-corrected chi connectivity index (χ3v) is 6.01. The van der Waals surface area contributed by atoms with E-state index in [9.17, 15) is 9.59 Å². The van der Waals surface area contributed by atoms with Crippen LogP contribution in [0.2, 0.25) is 15.1 Å². The van der Waals surface area contributed by atoms with Crippen LogP contribution < -0.4 is 10.2 Å². The van der Waals surface area contributed by atoms with Crippen molar-refractivity contribution in [2.24, 2.45) is 5.41 Å². The molecule has 1 heterocycles. The predicted octanol–water partition coefficient (Wildman–Crippen LogP) is 5.99. The molecule has 0 saturated carbocycles. The molecule has 3 rings (SSSR count). The summed E-state index contributed by atoms with van der Waals surface area (Å²) in [6.07, 6.45) is 3.03. The van der Waals surface area contributed by atoms with Crippen molar-refractivity contribution in [3.63, 3.8) is 0 Å². The molecule has 32 heavy (non-hydrogen) atoms. The molecule has 2 aromatic carbocycles. The van der Waals surface area contributed by atoms with Crippen molar-refractivity contribution in [1.29, 1.82) is 0 Å². The summed E-state index contributed by atoms with van der Waals surface area (Å²) in [6.45, 7) is 8.53. The molecule has 0 spiro atoms. The van der Waals surface area contributed by atoms with Crippen LogP contribution in [0.25, 0.3) is 6.08 Å². The molecule has 1 saturated heterocycles. The Hall–Kier alpha value is -2.21. The molecule has 1 aliphatic rings. The lowest BCUT2D eigenvalue weighted by molar-refractivity contribution is -0.139. The van der Waals surface area contributed by atoms with E-state index in [0.717, 1.165) is 5.69 Å². The average molecular weight is 495 g/mol. The molecular formula is C24H26Cl3N3O2. The Bertz CT molecular complexity index is 1040. The Labute approximate surface area is 203 Å². The molecule has 0 aromatic heterocycles. The topological polar surface area (TPSA) is 52.7 Å². The fraction of sp³-hybridized carbons (Fsp3) is 0.333. The van der Waals surface area contributed by atoms with Gasteiger partial charge in [-0.15, -0.1) is 0 Å². The van der Waals surface area contributed by atoms with Gasteiger partial charge >= 0.3 is 0 Å². The normalized spacial score (nSPS) is 14.7. The van der Waals surface area contributed by atoms with E-state index < -0.39 is 0 Å². The van der Waals surface area contributed by atoms with Crippen LogP contribution >= 0.6 is 34.8 Å². The molecule has 0 atom stereocenters. The lowest BCUT2D eigenvalue weighted by atomic mass is 9.94. The van der Waals surface area contributed by atoms with Crippen molar-refractivity contribution < 1.29 is 9.59 Å². The summed E-state index contributed by atoms with van der Waals surface area (Å²) < 4.78 is 0. The molecule has 5 nitrogen and oxygen atoms in total. The molecular weight excluding hydrogens is 469 g/mol. The van der Waals surface area contributed by atoms with Crippen LogP contribution in [0, 0.1) is 5.41 Å². The summed E-state index contributed by atoms with van der Waals surface area (Å²) in [7, 11) is 0. The van der Waals surface area contributed by atoms with Crippen LogP contribution in [0.15, 0.2) is 42.5 Å². The fourth-order valence-electron chi connectivity index (χ4n) is 3.45. The molecule has 0 bridgehead atoms. The number of hydrogen-bond acceptors (Lipinski definition) is 3. The highest BCUT2D eigenvalue weighted by Crippen LogP contribution is 2.30. The third-order valence-electron chi connectivity index (χ3n) is 5.14. The largest absolute Gasteiger partial charge is 0.367 e. The smallest absolute Gasteiger partial charge is 0.248 e. The van der Waals surface area contributed by atoms with Gasteiger partial charge in [0.05, 0.1) is 10.7 Å². The number of anilines is 2. The molecule has 170 valence electrons. The number of halogens is 3. The highest BCUT2D eigenvalue weighted by atomic mass is 35.5. The van der Waals surface area contributed by atoms with E-state index in [0.29, 0.717) is 52.5 Å². The van der Waals surface area contributed by atoms with Crippen LogP contribution in [0.5, 0.6) is 0 Å². The van der Waals surface area contributed by atoms with E-state index in [1.54, 1.807) is 30.3 Å². The van der Waals surface area contributed by atoms with Crippen molar-refractivity contribution in [1.82, 2.24) is 4.90 Å². The van der Waals surface area contributed by atoms with E-state index in [4.69, 9.17) is 34.8 Å². The van der Waals surface area contributed by atoms with Gasteiger partial charge in [-0.25, -0.2) is 0 Å². The van der Waals surface area contributed by atoms with Gasteiger partial charge in [-0.05, 0) is 42.0 Å².